The minimum absolute atomic E-state index is 0.113. The molecule has 6 heteroatoms. The van der Waals surface area contributed by atoms with Crippen molar-refractivity contribution in [2.45, 2.75) is 0 Å². The molecule has 0 saturated heterocycles. The molecule has 3 aromatic carbocycles. The van der Waals surface area contributed by atoms with E-state index in [0.717, 1.165) is 11.1 Å². The lowest BCUT2D eigenvalue weighted by molar-refractivity contribution is 0.101. The summed E-state index contributed by atoms with van der Waals surface area (Å²) < 4.78 is 10.9. The fourth-order valence-corrected chi connectivity index (χ4v) is 3.05. The van der Waals surface area contributed by atoms with Gasteiger partial charge in [0.05, 0.1) is 7.11 Å². The van der Waals surface area contributed by atoms with Crippen molar-refractivity contribution >= 4 is 11.6 Å². The van der Waals surface area contributed by atoms with E-state index in [-0.39, 0.29) is 17.2 Å². The monoisotopic (exact) mass is 412 g/mol. The quantitative estimate of drug-likeness (QED) is 0.437. The molecule has 31 heavy (non-hydrogen) atoms. The highest BCUT2D eigenvalue weighted by atomic mass is 16.5. The van der Waals surface area contributed by atoms with E-state index in [1.807, 2.05) is 42.5 Å². The van der Waals surface area contributed by atoms with Crippen molar-refractivity contribution < 1.29 is 19.4 Å². The van der Waals surface area contributed by atoms with Gasteiger partial charge in [-0.1, -0.05) is 42.5 Å². The maximum absolute atomic E-state index is 12.4. The minimum atomic E-state index is -0.540. The number of amides is 1. The van der Waals surface area contributed by atoms with Crippen LogP contribution in [0.5, 0.6) is 23.0 Å². The molecule has 0 aliphatic carbocycles. The Labute approximate surface area is 179 Å². The Bertz CT molecular complexity index is 1170. The Morgan fingerprint density at radius 2 is 1.45 bits per heavy atom. The van der Waals surface area contributed by atoms with Gasteiger partial charge >= 0.3 is 0 Å². The van der Waals surface area contributed by atoms with Gasteiger partial charge in [0, 0.05) is 18.0 Å². The Balaban J connectivity index is 1.41. The molecule has 4 rings (SSSR count). The Morgan fingerprint density at radius 1 is 0.839 bits per heavy atom. The zero-order valence-corrected chi connectivity index (χ0v) is 16.8. The maximum Gasteiger partial charge on any atom is 0.278 e. The normalized spacial score (nSPS) is 10.4. The third-order valence-corrected chi connectivity index (χ3v) is 4.63. The lowest BCUT2D eigenvalue weighted by Crippen LogP contribution is -2.14. The molecule has 2 N–H and O–H groups in total. The summed E-state index contributed by atoms with van der Waals surface area (Å²) in [5.41, 5.74) is 2.69. The highest BCUT2D eigenvalue weighted by molar-refractivity contribution is 6.05. The van der Waals surface area contributed by atoms with Crippen LogP contribution in [0.3, 0.4) is 0 Å². The smallest absolute Gasteiger partial charge is 0.278 e. The molecule has 0 radical (unpaired) electrons. The summed E-state index contributed by atoms with van der Waals surface area (Å²) in [7, 11) is 1.41. The highest BCUT2D eigenvalue weighted by Crippen LogP contribution is 2.29. The molecule has 0 spiro atoms. The summed E-state index contributed by atoms with van der Waals surface area (Å²) in [6.45, 7) is 0. The molecule has 0 aliphatic rings. The summed E-state index contributed by atoms with van der Waals surface area (Å²) in [5, 5.41) is 12.8. The largest absolute Gasteiger partial charge is 0.503 e. The number of benzene rings is 3. The van der Waals surface area contributed by atoms with Crippen molar-refractivity contribution in [3.63, 3.8) is 0 Å². The molecule has 1 amide bonds. The first-order chi connectivity index (χ1) is 15.1. The Kier molecular flexibility index (Phi) is 5.80. The minimum Gasteiger partial charge on any atom is -0.503 e. The number of hydrogen-bond donors (Lipinski definition) is 2. The van der Waals surface area contributed by atoms with E-state index in [9.17, 15) is 9.90 Å². The molecule has 0 fully saturated rings. The van der Waals surface area contributed by atoms with Crippen LogP contribution in [0.2, 0.25) is 0 Å². The number of aromatic hydroxyl groups is 1. The fourth-order valence-electron chi connectivity index (χ4n) is 3.05. The predicted molar refractivity (Wildman–Crippen MR) is 119 cm³/mol. The molecule has 0 saturated carbocycles. The van der Waals surface area contributed by atoms with E-state index < -0.39 is 5.91 Å². The lowest BCUT2D eigenvalue weighted by Gasteiger charge is -2.10. The molecule has 0 atom stereocenters. The van der Waals surface area contributed by atoms with Crippen LogP contribution in [-0.2, 0) is 0 Å². The van der Waals surface area contributed by atoms with E-state index in [4.69, 9.17) is 9.47 Å². The van der Waals surface area contributed by atoms with Crippen molar-refractivity contribution in [3.05, 3.63) is 96.8 Å². The number of aromatic nitrogens is 1. The molecule has 0 aliphatic heterocycles. The van der Waals surface area contributed by atoms with Gasteiger partial charge in [0.25, 0.3) is 5.91 Å². The average Bonchev–Trinajstić information content (AvgIpc) is 2.81. The summed E-state index contributed by atoms with van der Waals surface area (Å²) in [6, 6.07) is 26.4. The number of carbonyl (C=O) groups excluding carboxylic acids is 1. The van der Waals surface area contributed by atoms with Crippen LogP contribution in [-0.4, -0.2) is 23.1 Å². The summed E-state index contributed by atoms with van der Waals surface area (Å²) in [6.07, 6.45) is 1.40. The van der Waals surface area contributed by atoms with E-state index in [1.54, 1.807) is 24.3 Å². The molecule has 1 aromatic heterocycles. The van der Waals surface area contributed by atoms with E-state index in [2.05, 4.69) is 22.4 Å². The zero-order valence-electron chi connectivity index (χ0n) is 16.8. The number of methoxy groups -OCH3 is 1. The van der Waals surface area contributed by atoms with Gasteiger partial charge in [0.1, 0.15) is 11.5 Å². The number of pyridine rings is 1. The number of rotatable bonds is 6. The van der Waals surface area contributed by atoms with Crippen LogP contribution in [0.1, 0.15) is 10.5 Å². The zero-order chi connectivity index (χ0) is 21.6. The fraction of sp³-hybridized carbons (Fsp3) is 0.0400. The molecule has 1 heterocycles. The van der Waals surface area contributed by atoms with Crippen molar-refractivity contribution in [2.24, 2.45) is 0 Å². The van der Waals surface area contributed by atoms with Gasteiger partial charge < -0.3 is 19.9 Å². The van der Waals surface area contributed by atoms with Crippen LogP contribution >= 0.6 is 0 Å². The van der Waals surface area contributed by atoms with Crippen LogP contribution in [0.4, 0.5) is 5.69 Å². The number of nitrogens with zero attached hydrogens (tertiary/aromatic N) is 1. The number of ether oxygens (including phenoxy) is 2. The van der Waals surface area contributed by atoms with Crippen molar-refractivity contribution in [1.82, 2.24) is 4.98 Å². The molecule has 0 bridgehead atoms. The van der Waals surface area contributed by atoms with Gasteiger partial charge in [-0.25, -0.2) is 4.98 Å². The topological polar surface area (TPSA) is 80.7 Å². The van der Waals surface area contributed by atoms with Gasteiger partial charge in [-0.15, -0.1) is 0 Å². The second-order valence-electron chi connectivity index (χ2n) is 6.68. The average molecular weight is 412 g/mol. The van der Waals surface area contributed by atoms with Crippen molar-refractivity contribution in [1.29, 1.82) is 0 Å². The second kappa shape index (κ2) is 9.00. The van der Waals surface area contributed by atoms with Gasteiger partial charge in [-0.3, -0.25) is 4.79 Å². The molecule has 6 nitrogen and oxygen atoms in total. The summed E-state index contributed by atoms with van der Waals surface area (Å²) in [5.74, 6) is 0.680. The second-order valence-corrected chi connectivity index (χ2v) is 6.68. The third-order valence-electron chi connectivity index (χ3n) is 4.63. The Hall–Kier alpha value is -4.32. The van der Waals surface area contributed by atoms with Crippen LogP contribution in [0.15, 0.2) is 91.1 Å². The van der Waals surface area contributed by atoms with Gasteiger partial charge in [0.2, 0.25) is 0 Å². The van der Waals surface area contributed by atoms with Crippen LogP contribution < -0.4 is 14.8 Å². The first-order valence-corrected chi connectivity index (χ1v) is 9.61. The summed E-state index contributed by atoms with van der Waals surface area (Å²) in [4.78, 5) is 16.3. The Morgan fingerprint density at radius 3 is 2.10 bits per heavy atom. The number of hydrogen-bond acceptors (Lipinski definition) is 5. The molecular weight excluding hydrogens is 392 g/mol. The first kappa shape index (κ1) is 20.0. The SMILES string of the molecule is COc1ccnc(C(=O)Nc2ccc(Oc3ccc(-c4ccccc4)cc3)cc2)c1O. The molecular formula is C25H20N2O4. The number of nitrogens with one attached hydrogen (secondary N) is 1. The number of anilines is 1. The van der Waals surface area contributed by atoms with Gasteiger partial charge in [-0.2, -0.15) is 0 Å². The summed E-state index contributed by atoms with van der Waals surface area (Å²) >= 11 is 0. The van der Waals surface area contributed by atoms with E-state index >= 15 is 0 Å². The number of carbonyl (C=O) groups is 1. The van der Waals surface area contributed by atoms with E-state index in [0.29, 0.717) is 17.2 Å². The molecule has 4 aromatic rings. The van der Waals surface area contributed by atoms with Gasteiger partial charge in [0.15, 0.2) is 17.2 Å². The van der Waals surface area contributed by atoms with Crippen LogP contribution in [0.25, 0.3) is 11.1 Å². The first-order valence-electron chi connectivity index (χ1n) is 9.61. The maximum atomic E-state index is 12.4. The lowest BCUT2D eigenvalue weighted by atomic mass is 10.1. The van der Waals surface area contributed by atoms with Crippen LogP contribution in [0, 0.1) is 0 Å². The standard InChI is InChI=1S/C25H20N2O4/c1-30-22-15-16-26-23(24(22)28)25(29)27-19-9-13-21(14-10-19)31-20-11-7-18(8-12-20)17-5-3-2-4-6-17/h2-16,28H,1H3,(H,27,29). The highest BCUT2D eigenvalue weighted by Gasteiger charge is 2.16. The molecule has 0 unspecified atom stereocenters. The van der Waals surface area contributed by atoms with Crippen molar-refractivity contribution in [2.75, 3.05) is 12.4 Å². The third kappa shape index (κ3) is 4.64. The molecule has 154 valence electrons. The van der Waals surface area contributed by atoms with Gasteiger partial charge in [-0.05, 0) is 47.5 Å². The van der Waals surface area contributed by atoms with Crippen molar-refractivity contribution in [3.8, 4) is 34.1 Å². The van der Waals surface area contributed by atoms with E-state index in [1.165, 1.54) is 19.4 Å². The predicted octanol–water partition coefficient (Wildman–Crippen LogP) is 5.51.